The van der Waals surface area contributed by atoms with E-state index in [1.807, 2.05) is 45.0 Å². The molecule has 2 aromatic rings. The van der Waals surface area contributed by atoms with Crippen LogP contribution in [0.1, 0.15) is 44.4 Å². The van der Waals surface area contributed by atoms with Gasteiger partial charge in [0.25, 0.3) is 11.7 Å². The lowest BCUT2D eigenvalue weighted by atomic mass is 9.95. The van der Waals surface area contributed by atoms with Crippen molar-refractivity contribution in [3.05, 3.63) is 68.7 Å². The van der Waals surface area contributed by atoms with Gasteiger partial charge in [-0.1, -0.05) is 39.7 Å². The number of nitrogens with zero attached hydrogens (tertiary/aromatic N) is 1. The van der Waals surface area contributed by atoms with E-state index < -0.39 is 17.7 Å². The Kier molecular flexibility index (Phi) is 8.57. The number of carbonyl (C=O) groups is 2. The topological polar surface area (TPSA) is 76.1 Å². The third kappa shape index (κ3) is 5.78. The van der Waals surface area contributed by atoms with Gasteiger partial charge in [0.05, 0.1) is 29.3 Å². The van der Waals surface area contributed by atoms with Crippen LogP contribution in [0.5, 0.6) is 5.75 Å². The highest BCUT2D eigenvalue weighted by molar-refractivity contribution is 9.10. The average molecular weight is 537 g/mol. The molecule has 1 amide bonds. The number of carbonyl (C=O) groups excluding carboxylic acids is 2. The fourth-order valence-corrected chi connectivity index (χ4v) is 4.42. The predicted octanol–water partition coefficient (Wildman–Crippen LogP) is 5.74. The number of amides is 1. The highest BCUT2D eigenvalue weighted by Gasteiger charge is 2.45. The molecule has 1 aliphatic heterocycles. The zero-order chi connectivity index (χ0) is 24.1. The molecule has 1 heterocycles. The second-order valence-electron chi connectivity index (χ2n) is 7.90. The van der Waals surface area contributed by atoms with Gasteiger partial charge in [-0.25, -0.2) is 0 Å². The molecule has 33 heavy (non-hydrogen) atoms. The number of rotatable bonds is 9. The van der Waals surface area contributed by atoms with E-state index in [2.05, 4.69) is 15.9 Å². The zero-order valence-corrected chi connectivity index (χ0v) is 21.1. The lowest BCUT2D eigenvalue weighted by molar-refractivity contribution is -0.140. The predicted molar refractivity (Wildman–Crippen MR) is 131 cm³/mol. The lowest BCUT2D eigenvalue weighted by Crippen LogP contribution is -2.31. The summed E-state index contributed by atoms with van der Waals surface area (Å²) < 4.78 is 11.8. The van der Waals surface area contributed by atoms with Crippen LogP contribution in [0, 0.1) is 0 Å². The van der Waals surface area contributed by atoms with E-state index in [1.54, 1.807) is 12.1 Å². The SMILES string of the molecule is CCOc1ccc(C(O)=C2C(=O)C(=O)N(CCCOC(C)C)[C@@H]2c2cccc(Br)c2)cc1Cl. The number of ether oxygens (including phenoxy) is 2. The number of halogens is 2. The van der Waals surface area contributed by atoms with Gasteiger partial charge in [-0.15, -0.1) is 0 Å². The van der Waals surface area contributed by atoms with Crippen LogP contribution in [-0.2, 0) is 14.3 Å². The molecule has 6 nitrogen and oxygen atoms in total. The maximum Gasteiger partial charge on any atom is 0.295 e. The molecular formula is C25H27BrClNO5. The van der Waals surface area contributed by atoms with Crippen molar-refractivity contribution in [2.24, 2.45) is 0 Å². The van der Waals surface area contributed by atoms with Crippen LogP contribution in [0.2, 0.25) is 5.02 Å². The first-order valence-corrected chi connectivity index (χ1v) is 12.0. The van der Waals surface area contributed by atoms with Gasteiger partial charge < -0.3 is 19.5 Å². The molecule has 1 aliphatic rings. The van der Waals surface area contributed by atoms with Crippen molar-refractivity contribution in [3.8, 4) is 5.75 Å². The Morgan fingerprint density at radius 3 is 2.61 bits per heavy atom. The Hall–Kier alpha value is -2.35. The average Bonchev–Trinajstić information content (AvgIpc) is 3.02. The Morgan fingerprint density at radius 2 is 1.97 bits per heavy atom. The quantitative estimate of drug-likeness (QED) is 0.191. The summed E-state index contributed by atoms with van der Waals surface area (Å²) in [7, 11) is 0. The molecule has 0 unspecified atom stereocenters. The van der Waals surface area contributed by atoms with Crippen LogP contribution < -0.4 is 4.74 Å². The van der Waals surface area contributed by atoms with Gasteiger partial charge in [0.1, 0.15) is 11.5 Å². The van der Waals surface area contributed by atoms with Crippen molar-refractivity contribution < 1.29 is 24.2 Å². The summed E-state index contributed by atoms with van der Waals surface area (Å²) in [4.78, 5) is 27.6. The Labute approximate surface area is 207 Å². The Bertz CT molecular complexity index is 1070. The first kappa shape index (κ1) is 25.3. The molecule has 0 bridgehead atoms. The summed E-state index contributed by atoms with van der Waals surface area (Å²) in [6.45, 7) is 6.94. The van der Waals surface area contributed by atoms with E-state index in [1.165, 1.54) is 11.0 Å². The van der Waals surface area contributed by atoms with Gasteiger partial charge in [-0.2, -0.15) is 0 Å². The number of Topliss-reactive ketones (excluding diaryl/α,β-unsaturated/α-hetero) is 1. The van der Waals surface area contributed by atoms with E-state index >= 15 is 0 Å². The van der Waals surface area contributed by atoms with E-state index in [0.717, 1.165) is 4.47 Å². The summed E-state index contributed by atoms with van der Waals surface area (Å²) in [6, 6.07) is 11.4. The monoisotopic (exact) mass is 535 g/mol. The first-order valence-electron chi connectivity index (χ1n) is 10.8. The molecule has 1 fully saturated rings. The standard InChI is InChI=1S/C25H27BrClNO5/c1-4-32-20-10-9-17(14-19(20)27)23(29)21-22(16-7-5-8-18(26)13-16)28(25(31)24(21)30)11-6-12-33-15(2)3/h5,7-10,13-15,22,29H,4,6,11-12H2,1-3H3/t22-/m1/s1. The van der Waals surface area contributed by atoms with Crippen LogP contribution in [0.3, 0.4) is 0 Å². The fraction of sp³-hybridized carbons (Fsp3) is 0.360. The van der Waals surface area contributed by atoms with E-state index in [-0.39, 0.29) is 17.4 Å². The Balaban J connectivity index is 2.04. The van der Waals surface area contributed by atoms with Crippen molar-refractivity contribution >= 4 is 45.0 Å². The summed E-state index contributed by atoms with van der Waals surface area (Å²) in [5.41, 5.74) is 1.08. The van der Waals surface area contributed by atoms with E-state index in [4.69, 9.17) is 21.1 Å². The van der Waals surface area contributed by atoms with Crippen LogP contribution in [0.15, 0.2) is 52.5 Å². The molecule has 1 N–H and O–H groups in total. The van der Waals surface area contributed by atoms with E-state index in [0.29, 0.717) is 48.1 Å². The molecule has 0 radical (unpaired) electrons. The summed E-state index contributed by atoms with van der Waals surface area (Å²) in [6.07, 6.45) is 0.635. The molecule has 176 valence electrons. The van der Waals surface area contributed by atoms with Gasteiger partial charge in [0.15, 0.2) is 0 Å². The van der Waals surface area contributed by atoms with Gasteiger partial charge in [-0.3, -0.25) is 9.59 Å². The van der Waals surface area contributed by atoms with Gasteiger partial charge >= 0.3 is 0 Å². The minimum atomic E-state index is -0.730. The third-order valence-corrected chi connectivity index (χ3v) is 5.99. The number of likely N-dealkylation sites (tertiary alicyclic amines) is 1. The number of aliphatic hydroxyl groups excluding tert-OH is 1. The van der Waals surface area contributed by atoms with Gasteiger partial charge in [0, 0.05) is 23.2 Å². The van der Waals surface area contributed by atoms with Crippen LogP contribution in [-0.4, -0.2) is 47.6 Å². The molecule has 2 aromatic carbocycles. The smallest absolute Gasteiger partial charge is 0.295 e. The van der Waals surface area contributed by atoms with Gasteiger partial charge in [0.2, 0.25) is 0 Å². The Morgan fingerprint density at radius 1 is 1.21 bits per heavy atom. The van der Waals surface area contributed by atoms with Crippen molar-refractivity contribution in [1.82, 2.24) is 4.90 Å². The molecule has 0 saturated carbocycles. The summed E-state index contributed by atoms with van der Waals surface area (Å²) in [5, 5.41) is 11.5. The van der Waals surface area contributed by atoms with Crippen LogP contribution >= 0.6 is 27.5 Å². The normalized spacial score (nSPS) is 17.8. The fourth-order valence-electron chi connectivity index (χ4n) is 3.76. The van der Waals surface area contributed by atoms with Crippen molar-refractivity contribution in [2.45, 2.75) is 39.3 Å². The van der Waals surface area contributed by atoms with Crippen LogP contribution in [0.25, 0.3) is 5.76 Å². The minimum Gasteiger partial charge on any atom is -0.507 e. The number of ketones is 1. The summed E-state index contributed by atoms with van der Waals surface area (Å²) >= 11 is 9.75. The van der Waals surface area contributed by atoms with Gasteiger partial charge in [-0.05, 0) is 63.1 Å². The highest BCUT2D eigenvalue weighted by Crippen LogP contribution is 2.41. The first-order chi connectivity index (χ1) is 15.7. The van der Waals surface area contributed by atoms with Crippen molar-refractivity contribution in [2.75, 3.05) is 19.8 Å². The molecule has 0 aliphatic carbocycles. The number of benzene rings is 2. The minimum absolute atomic E-state index is 0.0307. The number of aliphatic hydroxyl groups is 1. The molecule has 0 spiro atoms. The maximum absolute atomic E-state index is 13.1. The molecule has 1 saturated heterocycles. The number of hydrogen-bond acceptors (Lipinski definition) is 5. The molecule has 8 heteroatoms. The zero-order valence-electron chi connectivity index (χ0n) is 18.8. The number of hydrogen-bond donors (Lipinski definition) is 1. The van der Waals surface area contributed by atoms with E-state index in [9.17, 15) is 14.7 Å². The molecular weight excluding hydrogens is 510 g/mol. The molecule has 1 atom stereocenters. The molecule has 0 aromatic heterocycles. The maximum atomic E-state index is 13.1. The molecule has 3 rings (SSSR count). The second kappa shape index (κ2) is 11.2. The summed E-state index contributed by atoms with van der Waals surface area (Å²) in [5.74, 6) is -1.18. The van der Waals surface area contributed by atoms with Crippen molar-refractivity contribution in [1.29, 1.82) is 0 Å². The van der Waals surface area contributed by atoms with Crippen LogP contribution in [0.4, 0.5) is 0 Å². The lowest BCUT2D eigenvalue weighted by Gasteiger charge is -2.25. The van der Waals surface area contributed by atoms with Crippen molar-refractivity contribution in [3.63, 3.8) is 0 Å². The second-order valence-corrected chi connectivity index (χ2v) is 9.22. The highest BCUT2D eigenvalue weighted by atomic mass is 79.9. The largest absolute Gasteiger partial charge is 0.507 e. The third-order valence-electron chi connectivity index (χ3n) is 5.20.